The summed E-state index contributed by atoms with van der Waals surface area (Å²) in [5.41, 5.74) is 2.06. The lowest BCUT2D eigenvalue weighted by Gasteiger charge is -2.31. The molecule has 1 amide bonds. The summed E-state index contributed by atoms with van der Waals surface area (Å²) in [5, 5.41) is 17.9. The van der Waals surface area contributed by atoms with Crippen molar-refractivity contribution in [3.8, 4) is 0 Å². The van der Waals surface area contributed by atoms with Crippen LogP contribution in [-0.4, -0.2) is 60.0 Å². The zero-order valence-electron chi connectivity index (χ0n) is 13.8. The van der Waals surface area contributed by atoms with Gasteiger partial charge in [-0.1, -0.05) is 0 Å². The van der Waals surface area contributed by atoms with Gasteiger partial charge in [0.25, 0.3) is 5.91 Å². The van der Waals surface area contributed by atoms with E-state index in [4.69, 9.17) is 5.11 Å². The van der Waals surface area contributed by atoms with Crippen LogP contribution in [0.4, 0.5) is 0 Å². The molecule has 1 atom stereocenters. The summed E-state index contributed by atoms with van der Waals surface area (Å²) >= 11 is 0. The number of aromatic nitrogens is 5. The van der Waals surface area contributed by atoms with Crippen molar-refractivity contribution in [1.82, 2.24) is 29.3 Å². The number of piperidine rings is 1. The van der Waals surface area contributed by atoms with Crippen molar-refractivity contribution in [1.29, 1.82) is 0 Å². The Morgan fingerprint density at radius 2 is 2.24 bits per heavy atom. The first kappa shape index (κ1) is 15.8. The van der Waals surface area contributed by atoms with Gasteiger partial charge in [0.15, 0.2) is 11.3 Å². The molecule has 8 heteroatoms. The van der Waals surface area contributed by atoms with Gasteiger partial charge in [-0.25, -0.2) is 9.50 Å². The highest BCUT2D eigenvalue weighted by Crippen LogP contribution is 2.26. The van der Waals surface area contributed by atoms with Crippen LogP contribution in [0.5, 0.6) is 0 Å². The Bertz CT molecular complexity index is 853. The molecule has 1 aliphatic heterocycles. The molecule has 0 spiro atoms. The molecule has 3 aromatic heterocycles. The molecule has 8 nitrogen and oxygen atoms in total. The minimum atomic E-state index is -0.0648. The van der Waals surface area contributed by atoms with Gasteiger partial charge in [0.2, 0.25) is 0 Å². The largest absolute Gasteiger partial charge is 0.394 e. The molecular formula is C17H20N6O2. The zero-order valence-corrected chi connectivity index (χ0v) is 13.8. The molecule has 4 heterocycles. The average Bonchev–Trinajstić information content (AvgIpc) is 3.28. The third-order valence-corrected chi connectivity index (χ3v) is 4.57. The van der Waals surface area contributed by atoms with Crippen molar-refractivity contribution in [2.45, 2.75) is 25.3 Å². The zero-order chi connectivity index (χ0) is 17.2. The molecule has 1 aliphatic rings. The van der Waals surface area contributed by atoms with Crippen LogP contribution in [-0.2, 0) is 6.54 Å². The summed E-state index contributed by atoms with van der Waals surface area (Å²) in [5.74, 6) is 0.151. The molecule has 25 heavy (non-hydrogen) atoms. The first-order valence-electron chi connectivity index (χ1n) is 8.48. The first-order chi connectivity index (χ1) is 12.2. The maximum atomic E-state index is 12.8. The minimum Gasteiger partial charge on any atom is -0.394 e. The number of hydrogen-bond donors (Lipinski definition) is 1. The maximum Gasteiger partial charge on any atom is 0.274 e. The fourth-order valence-corrected chi connectivity index (χ4v) is 3.32. The molecule has 0 bridgehead atoms. The summed E-state index contributed by atoms with van der Waals surface area (Å²) in [4.78, 5) is 18.9. The van der Waals surface area contributed by atoms with E-state index in [0.717, 1.165) is 25.1 Å². The third-order valence-electron chi connectivity index (χ3n) is 4.57. The molecule has 130 valence electrons. The van der Waals surface area contributed by atoms with Crippen LogP contribution in [0.3, 0.4) is 0 Å². The molecule has 0 aromatic carbocycles. The Morgan fingerprint density at radius 1 is 1.32 bits per heavy atom. The lowest BCUT2D eigenvalue weighted by molar-refractivity contribution is 0.0699. The monoisotopic (exact) mass is 340 g/mol. The Kier molecular flexibility index (Phi) is 4.19. The van der Waals surface area contributed by atoms with Crippen molar-refractivity contribution in [3.63, 3.8) is 0 Å². The minimum absolute atomic E-state index is 0.0648. The fourth-order valence-electron chi connectivity index (χ4n) is 3.32. The standard InChI is InChI=1S/C17H20N6O2/c24-10-9-22-8-4-14(19-22)13-3-1-6-21(12-13)17(25)15-11-16-18-5-2-7-23(16)20-15/h2,4-5,7-8,11,13,24H,1,3,6,9-10,12H2/t13-/m1/s1. The highest BCUT2D eigenvalue weighted by atomic mass is 16.3. The Hall–Kier alpha value is -2.74. The van der Waals surface area contributed by atoms with E-state index in [1.165, 1.54) is 0 Å². The van der Waals surface area contributed by atoms with Gasteiger partial charge in [0.1, 0.15) is 0 Å². The molecular weight excluding hydrogens is 320 g/mol. The van der Waals surface area contributed by atoms with Crippen molar-refractivity contribution in [2.24, 2.45) is 0 Å². The second-order valence-electron chi connectivity index (χ2n) is 6.27. The van der Waals surface area contributed by atoms with Crippen LogP contribution in [0.1, 0.15) is 34.9 Å². The van der Waals surface area contributed by atoms with Crippen LogP contribution >= 0.6 is 0 Å². The number of aliphatic hydroxyl groups is 1. The second kappa shape index (κ2) is 6.64. The molecule has 0 aliphatic carbocycles. The number of fused-ring (bicyclic) bond motifs is 1. The van der Waals surface area contributed by atoms with E-state index in [0.29, 0.717) is 24.4 Å². The summed E-state index contributed by atoms with van der Waals surface area (Å²) < 4.78 is 3.36. The van der Waals surface area contributed by atoms with Crippen LogP contribution in [0.15, 0.2) is 36.8 Å². The van der Waals surface area contributed by atoms with Gasteiger partial charge in [0, 0.05) is 43.7 Å². The van der Waals surface area contributed by atoms with Gasteiger partial charge < -0.3 is 10.0 Å². The van der Waals surface area contributed by atoms with Gasteiger partial charge in [-0.3, -0.25) is 9.48 Å². The summed E-state index contributed by atoms with van der Waals surface area (Å²) in [6.45, 7) is 1.92. The molecule has 0 saturated carbocycles. The maximum absolute atomic E-state index is 12.8. The van der Waals surface area contributed by atoms with Crippen LogP contribution < -0.4 is 0 Å². The smallest absolute Gasteiger partial charge is 0.274 e. The number of aliphatic hydroxyl groups excluding tert-OH is 1. The van der Waals surface area contributed by atoms with E-state index in [-0.39, 0.29) is 18.4 Å². The van der Waals surface area contributed by atoms with Crippen LogP contribution in [0.25, 0.3) is 5.65 Å². The van der Waals surface area contributed by atoms with E-state index in [9.17, 15) is 4.79 Å². The van der Waals surface area contributed by atoms with E-state index in [2.05, 4.69) is 15.2 Å². The van der Waals surface area contributed by atoms with Crippen LogP contribution in [0.2, 0.25) is 0 Å². The lowest BCUT2D eigenvalue weighted by Crippen LogP contribution is -2.39. The predicted molar refractivity (Wildman–Crippen MR) is 90.2 cm³/mol. The predicted octanol–water partition coefficient (Wildman–Crippen LogP) is 0.938. The summed E-state index contributed by atoms with van der Waals surface area (Å²) in [6, 6.07) is 5.49. The normalized spacial score (nSPS) is 18.0. The van der Waals surface area contributed by atoms with Gasteiger partial charge in [-0.15, -0.1) is 0 Å². The number of amides is 1. The second-order valence-corrected chi connectivity index (χ2v) is 6.27. The van der Waals surface area contributed by atoms with Gasteiger partial charge >= 0.3 is 0 Å². The summed E-state index contributed by atoms with van der Waals surface area (Å²) in [7, 11) is 0. The SMILES string of the molecule is O=C(c1cc2ncccn2n1)N1CCC[C@@H](c2ccn(CCO)n2)C1. The average molecular weight is 340 g/mol. The van der Waals surface area contributed by atoms with E-state index in [1.54, 1.807) is 33.7 Å². The Morgan fingerprint density at radius 3 is 3.08 bits per heavy atom. The topological polar surface area (TPSA) is 88.6 Å². The highest BCUT2D eigenvalue weighted by Gasteiger charge is 2.28. The fraction of sp³-hybridized carbons (Fsp3) is 0.412. The number of carbonyl (C=O) groups is 1. The van der Waals surface area contributed by atoms with Gasteiger partial charge in [-0.05, 0) is 25.0 Å². The number of carbonyl (C=O) groups excluding carboxylic acids is 1. The van der Waals surface area contributed by atoms with Crippen molar-refractivity contribution >= 4 is 11.6 Å². The third kappa shape index (κ3) is 3.12. The van der Waals surface area contributed by atoms with E-state index >= 15 is 0 Å². The van der Waals surface area contributed by atoms with Crippen LogP contribution in [0, 0.1) is 0 Å². The van der Waals surface area contributed by atoms with Crippen molar-refractivity contribution < 1.29 is 9.90 Å². The molecule has 1 saturated heterocycles. The molecule has 0 radical (unpaired) electrons. The lowest BCUT2D eigenvalue weighted by atomic mass is 9.95. The molecule has 0 unspecified atom stereocenters. The summed E-state index contributed by atoms with van der Waals surface area (Å²) in [6.07, 6.45) is 7.29. The quantitative estimate of drug-likeness (QED) is 0.763. The van der Waals surface area contributed by atoms with E-state index in [1.807, 2.05) is 17.2 Å². The molecule has 1 N–H and O–H groups in total. The first-order valence-corrected chi connectivity index (χ1v) is 8.48. The van der Waals surface area contributed by atoms with E-state index < -0.39 is 0 Å². The number of likely N-dealkylation sites (tertiary alicyclic amines) is 1. The van der Waals surface area contributed by atoms with Gasteiger partial charge in [-0.2, -0.15) is 10.2 Å². The Balaban J connectivity index is 1.50. The molecule has 3 aromatic rings. The number of rotatable bonds is 4. The van der Waals surface area contributed by atoms with Gasteiger partial charge in [0.05, 0.1) is 18.8 Å². The number of nitrogens with zero attached hydrogens (tertiary/aromatic N) is 6. The van der Waals surface area contributed by atoms with Crippen molar-refractivity contribution in [3.05, 3.63) is 48.2 Å². The highest BCUT2D eigenvalue weighted by molar-refractivity contribution is 5.93. The molecule has 4 rings (SSSR count). The molecule has 1 fully saturated rings. The number of hydrogen-bond acceptors (Lipinski definition) is 5. The Labute approximate surface area is 144 Å². The van der Waals surface area contributed by atoms with Crippen molar-refractivity contribution in [2.75, 3.05) is 19.7 Å².